The van der Waals surface area contributed by atoms with Gasteiger partial charge in [-0.3, -0.25) is 9.67 Å². The van der Waals surface area contributed by atoms with Gasteiger partial charge in [-0.25, -0.2) is 0 Å². The monoisotopic (exact) mass is 493 g/mol. The summed E-state index contributed by atoms with van der Waals surface area (Å²) in [5.74, 6) is 1.17. The topological polar surface area (TPSA) is 45.5 Å². The number of aliphatic imine (C=N–C) groups is 1. The maximum Gasteiger partial charge on any atom is 0.416 e. The number of nitrogens with one attached hydrogen (secondary N) is 1. The summed E-state index contributed by atoms with van der Waals surface area (Å²) in [6.07, 6.45) is 0.644. The Morgan fingerprint density at radius 1 is 1.30 bits per heavy atom. The van der Waals surface area contributed by atoms with E-state index in [9.17, 15) is 13.2 Å². The van der Waals surface area contributed by atoms with E-state index < -0.39 is 11.7 Å². The van der Waals surface area contributed by atoms with Gasteiger partial charge in [0.2, 0.25) is 0 Å². The molecule has 0 spiro atoms. The molecule has 1 aromatic carbocycles. The summed E-state index contributed by atoms with van der Waals surface area (Å²) < 4.78 is 39.7. The Balaban J connectivity index is 0.00000261. The van der Waals surface area contributed by atoms with E-state index in [2.05, 4.69) is 20.3 Å². The first kappa shape index (κ1) is 21.5. The highest BCUT2D eigenvalue weighted by Crippen LogP contribution is 2.29. The molecule has 1 aromatic heterocycles. The van der Waals surface area contributed by atoms with Crippen molar-refractivity contribution in [2.75, 3.05) is 20.1 Å². The molecule has 0 saturated carbocycles. The molecule has 2 aromatic rings. The molecule has 1 unspecified atom stereocenters. The number of halogens is 4. The SMILES string of the molecule is CN=C(NCc1ccc(C(F)(F)F)cc1)N1CCC(c2cnn(C)c2)C1.I. The van der Waals surface area contributed by atoms with Crippen LogP contribution in [-0.2, 0) is 19.8 Å². The van der Waals surface area contributed by atoms with Crippen LogP contribution in [0.2, 0.25) is 0 Å². The second-order valence-electron chi connectivity index (χ2n) is 6.47. The van der Waals surface area contributed by atoms with Crippen molar-refractivity contribution in [1.29, 1.82) is 0 Å². The van der Waals surface area contributed by atoms with E-state index in [4.69, 9.17) is 0 Å². The first-order valence-electron chi connectivity index (χ1n) is 8.47. The third kappa shape index (κ3) is 5.36. The van der Waals surface area contributed by atoms with Gasteiger partial charge in [-0.1, -0.05) is 12.1 Å². The zero-order valence-corrected chi connectivity index (χ0v) is 17.5. The average molecular weight is 493 g/mol. The Kier molecular flexibility index (Phi) is 7.12. The molecular weight excluding hydrogens is 470 g/mol. The number of guanidine groups is 1. The van der Waals surface area contributed by atoms with Crippen LogP contribution in [0.15, 0.2) is 41.7 Å². The van der Waals surface area contributed by atoms with Gasteiger partial charge < -0.3 is 10.2 Å². The van der Waals surface area contributed by atoms with Gasteiger partial charge in [0.15, 0.2) is 5.96 Å². The summed E-state index contributed by atoms with van der Waals surface area (Å²) in [5.41, 5.74) is 1.36. The minimum atomic E-state index is -4.31. The molecule has 1 saturated heterocycles. The molecule has 1 N–H and O–H groups in total. The second kappa shape index (κ2) is 8.94. The van der Waals surface area contributed by atoms with Gasteiger partial charge >= 0.3 is 6.18 Å². The van der Waals surface area contributed by atoms with Crippen molar-refractivity contribution in [1.82, 2.24) is 20.0 Å². The Bertz CT molecular complexity index is 770. The zero-order valence-electron chi connectivity index (χ0n) is 15.2. The number of aryl methyl sites for hydroxylation is 1. The van der Waals surface area contributed by atoms with Crippen molar-refractivity contribution in [3.8, 4) is 0 Å². The van der Waals surface area contributed by atoms with E-state index in [1.807, 2.05) is 19.4 Å². The smallest absolute Gasteiger partial charge is 0.352 e. The average Bonchev–Trinajstić information content (AvgIpc) is 3.24. The summed E-state index contributed by atoms with van der Waals surface area (Å²) in [6, 6.07) is 5.19. The number of benzene rings is 1. The lowest BCUT2D eigenvalue weighted by atomic mass is 10.0. The first-order chi connectivity index (χ1) is 12.4. The molecule has 1 atom stereocenters. The molecular formula is C18H23F3IN5. The van der Waals surface area contributed by atoms with Crippen LogP contribution < -0.4 is 5.32 Å². The molecule has 2 heterocycles. The van der Waals surface area contributed by atoms with Gasteiger partial charge in [-0.2, -0.15) is 18.3 Å². The molecule has 1 aliphatic rings. The second-order valence-corrected chi connectivity index (χ2v) is 6.47. The maximum absolute atomic E-state index is 12.6. The van der Waals surface area contributed by atoms with Crippen LogP contribution in [0, 0.1) is 0 Å². The minimum absolute atomic E-state index is 0. The van der Waals surface area contributed by atoms with Crippen molar-refractivity contribution in [2.24, 2.45) is 12.0 Å². The van der Waals surface area contributed by atoms with Gasteiger partial charge in [0.1, 0.15) is 0 Å². The molecule has 148 valence electrons. The van der Waals surface area contributed by atoms with E-state index in [1.165, 1.54) is 17.7 Å². The predicted octanol–water partition coefficient (Wildman–Crippen LogP) is 3.62. The van der Waals surface area contributed by atoms with E-state index in [-0.39, 0.29) is 24.0 Å². The highest BCUT2D eigenvalue weighted by Gasteiger charge is 2.30. The largest absolute Gasteiger partial charge is 0.416 e. The van der Waals surface area contributed by atoms with Gasteiger partial charge in [-0.15, -0.1) is 24.0 Å². The molecule has 9 heteroatoms. The Hall–Kier alpha value is -1.78. The highest BCUT2D eigenvalue weighted by atomic mass is 127. The van der Waals surface area contributed by atoms with Crippen molar-refractivity contribution < 1.29 is 13.2 Å². The Morgan fingerprint density at radius 2 is 2.00 bits per heavy atom. The number of rotatable bonds is 3. The molecule has 0 aliphatic carbocycles. The third-order valence-electron chi connectivity index (χ3n) is 4.63. The summed E-state index contributed by atoms with van der Waals surface area (Å²) in [4.78, 5) is 6.47. The van der Waals surface area contributed by atoms with Crippen molar-refractivity contribution in [2.45, 2.75) is 25.1 Å². The van der Waals surface area contributed by atoms with Crippen molar-refractivity contribution >= 4 is 29.9 Å². The summed E-state index contributed by atoms with van der Waals surface area (Å²) >= 11 is 0. The molecule has 5 nitrogen and oxygen atoms in total. The Labute approximate surface area is 173 Å². The summed E-state index contributed by atoms with van der Waals surface area (Å²) in [6.45, 7) is 2.16. The van der Waals surface area contributed by atoms with E-state index >= 15 is 0 Å². The number of hydrogen-bond donors (Lipinski definition) is 1. The summed E-state index contributed by atoms with van der Waals surface area (Å²) in [5, 5.41) is 7.46. The molecule has 0 radical (unpaired) electrons. The first-order valence-corrected chi connectivity index (χ1v) is 8.47. The van der Waals surface area contributed by atoms with Gasteiger partial charge in [0, 0.05) is 45.8 Å². The standard InChI is InChI=1S/C18H22F3N5.HI/c1-22-17(23-9-13-3-5-16(6-4-13)18(19,20)21)26-8-7-14(12-26)15-10-24-25(2)11-15;/h3-6,10-11,14H,7-9,12H2,1-2H3,(H,22,23);1H. The number of aromatic nitrogens is 2. The Morgan fingerprint density at radius 3 is 2.56 bits per heavy atom. The molecule has 27 heavy (non-hydrogen) atoms. The molecule has 1 fully saturated rings. The lowest BCUT2D eigenvalue weighted by Gasteiger charge is -2.21. The van der Waals surface area contributed by atoms with Crippen LogP contribution in [0.25, 0.3) is 0 Å². The zero-order chi connectivity index (χ0) is 18.7. The van der Waals surface area contributed by atoms with E-state index in [1.54, 1.807) is 11.7 Å². The third-order valence-corrected chi connectivity index (χ3v) is 4.63. The van der Waals surface area contributed by atoms with E-state index in [0.29, 0.717) is 12.5 Å². The van der Waals surface area contributed by atoms with E-state index in [0.717, 1.165) is 43.2 Å². The molecule has 0 amide bonds. The normalized spacial score (nSPS) is 17.7. The molecule has 1 aliphatic heterocycles. The quantitative estimate of drug-likeness (QED) is 0.404. The number of nitrogens with zero attached hydrogens (tertiary/aromatic N) is 4. The van der Waals surface area contributed by atoms with Crippen LogP contribution in [0.1, 0.15) is 29.0 Å². The van der Waals surface area contributed by atoms with Gasteiger partial charge in [0.05, 0.1) is 11.8 Å². The number of hydrogen-bond acceptors (Lipinski definition) is 2. The molecule has 0 bridgehead atoms. The lowest BCUT2D eigenvalue weighted by molar-refractivity contribution is -0.137. The highest BCUT2D eigenvalue weighted by molar-refractivity contribution is 14.0. The lowest BCUT2D eigenvalue weighted by Crippen LogP contribution is -2.39. The predicted molar refractivity (Wildman–Crippen MR) is 109 cm³/mol. The minimum Gasteiger partial charge on any atom is -0.352 e. The van der Waals surface area contributed by atoms with Crippen LogP contribution in [0.5, 0.6) is 0 Å². The van der Waals surface area contributed by atoms with Crippen LogP contribution in [0.4, 0.5) is 13.2 Å². The van der Waals surface area contributed by atoms with Crippen LogP contribution in [-0.4, -0.2) is 40.8 Å². The fourth-order valence-electron chi connectivity index (χ4n) is 3.20. The van der Waals surface area contributed by atoms with Crippen molar-refractivity contribution in [3.63, 3.8) is 0 Å². The number of alkyl halides is 3. The van der Waals surface area contributed by atoms with Crippen LogP contribution >= 0.6 is 24.0 Å². The van der Waals surface area contributed by atoms with Crippen molar-refractivity contribution in [3.05, 3.63) is 53.3 Å². The fraction of sp³-hybridized carbons (Fsp3) is 0.444. The van der Waals surface area contributed by atoms with Gasteiger partial charge in [0.25, 0.3) is 0 Å². The maximum atomic E-state index is 12.6. The molecule has 3 rings (SSSR count). The summed E-state index contributed by atoms with van der Waals surface area (Å²) in [7, 11) is 3.62. The van der Waals surface area contributed by atoms with Crippen LogP contribution in [0.3, 0.4) is 0 Å². The number of likely N-dealkylation sites (tertiary alicyclic amines) is 1. The fourth-order valence-corrected chi connectivity index (χ4v) is 3.20. The van der Waals surface area contributed by atoms with Gasteiger partial charge in [-0.05, 0) is 29.7 Å².